The number of carbonyl (C=O) groups is 1. The number of benzene rings is 2. The van der Waals surface area contributed by atoms with Gasteiger partial charge in [0.25, 0.3) is 11.5 Å². The van der Waals surface area contributed by atoms with E-state index < -0.39 is 34.9 Å². The van der Waals surface area contributed by atoms with Gasteiger partial charge in [-0.1, -0.05) is 0 Å². The van der Waals surface area contributed by atoms with Crippen LogP contribution in [0.2, 0.25) is 0 Å². The lowest BCUT2D eigenvalue weighted by Crippen LogP contribution is -2.47. The van der Waals surface area contributed by atoms with E-state index in [4.69, 9.17) is 0 Å². The average molecular weight is 435 g/mol. The van der Waals surface area contributed by atoms with Gasteiger partial charge in [-0.25, -0.2) is 9.07 Å². The van der Waals surface area contributed by atoms with Gasteiger partial charge in [0, 0.05) is 17.3 Å². The van der Waals surface area contributed by atoms with E-state index in [1.165, 1.54) is 62.4 Å². The molecule has 0 spiro atoms. The van der Waals surface area contributed by atoms with E-state index in [-0.39, 0.29) is 5.69 Å². The predicted molar refractivity (Wildman–Crippen MR) is 105 cm³/mol. The summed E-state index contributed by atoms with van der Waals surface area (Å²) in [7, 11) is 0. The first-order chi connectivity index (χ1) is 14.5. The molecule has 1 amide bonds. The van der Waals surface area contributed by atoms with Crippen molar-refractivity contribution in [2.24, 2.45) is 0 Å². The number of carbonyl (C=O) groups excluding carboxylic acids is 1. The van der Waals surface area contributed by atoms with Gasteiger partial charge >= 0.3 is 6.36 Å². The maximum absolute atomic E-state index is 13.2. The molecule has 3 rings (SSSR count). The molecular formula is C21H17F4N3O3. The van der Waals surface area contributed by atoms with E-state index in [0.717, 1.165) is 16.8 Å². The lowest BCUT2D eigenvalue weighted by Gasteiger charge is -2.25. The van der Waals surface area contributed by atoms with Gasteiger partial charge in [-0.3, -0.25) is 9.59 Å². The summed E-state index contributed by atoms with van der Waals surface area (Å²) in [6, 6.07) is 12.7. The first-order valence-electron chi connectivity index (χ1n) is 9.00. The number of rotatable bonds is 5. The van der Waals surface area contributed by atoms with Crippen LogP contribution in [0.4, 0.5) is 23.2 Å². The van der Waals surface area contributed by atoms with Gasteiger partial charge in [0.2, 0.25) is 0 Å². The molecule has 162 valence electrons. The van der Waals surface area contributed by atoms with Crippen LogP contribution in [-0.4, -0.2) is 22.1 Å². The van der Waals surface area contributed by atoms with Crippen LogP contribution < -0.4 is 15.6 Å². The van der Waals surface area contributed by atoms with Crippen LogP contribution in [0.15, 0.2) is 65.5 Å². The lowest BCUT2D eigenvalue weighted by molar-refractivity contribution is -0.274. The number of nitrogens with zero attached hydrogens (tertiary/aromatic N) is 2. The van der Waals surface area contributed by atoms with Crippen molar-refractivity contribution >= 4 is 11.6 Å². The van der Waals surface area contributed by atoms with E-state index in [1.807, 2.05) is 0 Å². The summed E-state index contributed by atoms with van der Waals surface area (Å²) in [6.07, 6.45) is -4.82. The van der Waals surface area contributed by atoms with E-state index in [0.29, 0.717) is 11.3 Å². The monoisotopic (exact) mass is 435 g/mol. The Labute approximate surface area is 174 Å². The fraction of sp³-hybridized carbons (Fsp3) is 0.190. The second-order valence-corrected chi connectivity index (χ2v) is 7.06. The van der Waals surface area contributed by atoms with Crippen molar-refractivity contribution in [1.29, 1.82) is 0 Å². The molecule has 0 saturated carbocycles. The summed E-state index contributed by atoms with van der Waals surface area (Å²) in [6.45, 7) is 2.93. The standard InChI is InChI=1S/C21H17F4N3O3/c1-20(2,19(30)26-15-7-9-16(10-8-15)31-21(23,24)25)28-18(29)12-11-17(27-28)13-3-5-14(22)6-4-13/h3-12H,1-2H3,(H,26,30). The van der Waals surface area contributed by atoms with Crippen molar-refractivity contribution in [3.63, 3.8) is 0 Å². The average Bonchev–Trinajstić information content (AvgIpc) is 2.69. The Morgan fingerprint density at radius 2 is 1.58 bits per heavy atom. The van der Waals surface area contributed by atoms with Crippen LogP contribution in [0, 0.1) is 5.82 Å². The molecule has 0 aliphatic heterocycles. The molecular weight excluding hydrogens is 418 g/mol. The van der Waals surface area contributed by atoms with Gasteiger partial charge in [-0.15, -0.1) is 13.2 Å². The van der Waals surface area contributed by atoms with Crippen LogP contribution in [0.5, 0.6) is 5.75 Å². The number of aromatic nitrogens is 2. The third kappa shape index (κ3) is 5.27. The van der Waals surface area contributed by atoms with Gasteiger partial charge < -0.3 is 10.1 Å². The van der Waals surface area contributed by atoms with Crippen molar-refractivity contribution in [3.8, 4) is 17.0 Å². The summed E-state index contributed by atoms with van der Waals surface area (Å²) in [5.74, 6) is -1.49. The molecule has 3 aromatic rings. The summed E-state index contributed by atoms with van der Waals surface area (Å²) in [5, 5.41) is 6.78. The number of halogens is 4. The van der Waals surface area contributed by atoms with Crippen molar-refractivity contribution in [2.75, 3.05) is 5.32 Å². The highest BCUT2D eigenvalue weighted by atomic mass is 19.4. The van der Waals surface area contributed by atoms with Gasteiger partial charge in [0.05, 0.1) is 5.69 Å². The Bertz CT molecular complexity index is 1140. The van der Waals surface area contributed by atoms with E-state index in [9.17, 15) is 27.2 Å². The Kier molecular flexibility index (Phi) is 5.83. The zero-order valence-corrected chi connectivity index (χ0v) is 16.4. The minimum absolute atomic E-state index is 0.204. The smallest absolute Gasteiger partial charge is 0.406 e. The topological polar surface area (TPSA) is 73.2 Å². The molecule has 0 fully saturated rings. The summed E-state index contributed by atoms with van der Waals surface area (Å²) >= 11 is 0. The maximum Gasteiger partial charge on any atom is 0.573 e. The Morgan fingerprint density at radius 3 is 2.16 bits per heavy atom. The van der Waals surface area contributed by atoms with Crippen LogP contribution in [0.1, 0.15) is 13.8 Å². The van der Waals surface area contributed by atoms with Crippen LogP contribution >= 0.6 is 0 Å². The SMILES string of the molecule is CC(C)(C(=O)Nc1ccc(OC(F)(F)F)cc1)n1nc(-c2ccc(F)cc2)ccc1=O. The Hall–Kier alpha value is -3.69. The van der Waals surface area contributed by atoms with Crippen LogP contribution in [0.25, 0.3) is 11.3 Å². The molecule has 31 heavy (non-hydrogen) atoms. The fourth-order valence-electron chi connectivity index (χ4n) is 2.71. The van der Waals surface area contributed by atoms with Gasteiger partial charge in [-0.05, 0) is 68.4 Å². The van der Waals surface area contributed by atoms with Crippen molar-refractivity contribution in [3.05, 3.63) is 76.8 Å². The molecule has 2 aromatic carbocycles. The predicted octanol–water partition coefficient (Wildman–Crippen LogP) is 4.32. The number of ether oxygens (including phenoxy) is 1. The normalized spacial score (nSPS) is 11.8. The molecule has 0 radical (unpaired) electrons. The van der Waals surface area contributed by atoms with E-state index in [1.54, 1.807) is 0 Å². The minimum Gasteiger partial charge on any atom is -0.406 e. The number of hydrogen-bond acceptors (Lipinski definition) is 4. The largest absolute Gasteiger partial charge is 0.573 e. The molecule has 0 aliphatic carbocycles. The highest BCUT2D eigenvalue weighted by Gasteiger charge is 2.33. The summed E-state index contributed by atoms with van der Waals surface area (Å²) in [4.78, 5) is 25.2. The number of amides is 1. The van der Waals surface area contributed by atoms with E-state index in [2.05, 4.69) is 15.2 Å². The lowest BCUT2D eigenvalue weighted by atomic mass is 10.0. The number of hydrogen-bond donors (Lipinski definition) is 1. The Morgan fingerprint density at radius 1 is 0.968 bits per heavy atom. The van der Waals surface area contributed by atoms with Crippen molar-refractivity contribution < 1.29 is 27.1 Å². The van der Waals surface area contributed by atoms with Crippen molar-refractivity contribution in [2.45, 2.75) is 25.7 Å². The quantitative estimate of drug-likeness (QED) is 0.606. The maximum atomic E-state index is 13.2. The second kappa shape index (κ2) is 8.21. The zero-order chi connectivity index (χ0) is 22.8. The molecule has 1 aromatic heterocycles. The number of anilines is 1. The van der Waals surface area contributed by atoms with Gasteiger partial charge in [0.15, 0.2) is 0 Å². The third-order valence-electron chi connectivity index (χ3n) is 4.37. The molecule has 0 unspecified atom stereocenters. The molecule has 0 atom stereocenters. The van der Waals surface area contributed by atoms with Crippen LogP contribution in [-0.2, 0) is 10.3 Å². The molecule has 6 nitrogen and oxygen atoms in total. The van der Waals surface area contributed by atoms with Gasteiger partial charge in [0.1, 0.15) is 17.1 Å². The van der Waals surface area contributed by atoms with Crippen molar-refractivity contribution in [1.82, 2.24) is 9.78 Å². The van der Waals surface area contributed by atoms with E-state index >= 15 is 0 Å². The first kappa shape index (κ1) is 22.0. The minimum atomic E-state index is -4.82. The second-order valence-electron chi connectivity index (χ2n) is 7.06. The third-order valence-corrected chi connectivity index (χ3v) is 4.37. The number of alkyl halides is 3. The molecule has 1 N–H and O–H groups in total. The summed E-state index contributed by atoms with van der Waals surface area (Å²) < 4.78 is 54.7. The number of nitrogens with one attached hydrogen (secondary N) is 1. The molecule has 1 heterocycles. The fourth-order valence-corrected chi connectivity index (χ4v) is 2.71. The summed E-state index contributed by atoms with van der Waals surface area (Å²) in [5.41, 5.74) is -0.884. The molecule has 0 aliphatic rings. The first-order valence-corrected chi connectivity index (χ1v) is 9.00. The van der Waals surface area contributed by atoms with Gasteiger partial charge in [-0.2, -0.15) is 5.10 Å². The Balaban J connectivity index is 1.83. The highest BCUT2D eigenvalue weighted by Crippen LogP contribution is 2.25. The van der Waals surface area contributed by atoms with Crippen LogP contribution in [0.3, 0.4) is 0 Å². The highest BCUT2D eigenvalue weighted by molar-refractivity contribution is 5.96. The zero-order valence-electron chi connectivity index (χ0n) is 16.4. The molecule has 0 saturated heterocycles. The molecule has 0 bridgehead atoms. The molecule has 10 heteroatoms.